The van der Waals surface area contributed by atoms with E-state index in [0.717, 1.165) is 0 Å². The van der Waals surface area contributed by atoms with Crippen molar-refractivity contribution in [2.75, 3.05) is 12.3 Å². The highest BCUT2D eigenvalue weighted by Gasteiger charge is 2.15. The van der Waals surface area contributed by atoms with Crippen LogP contribution in [-0.4, -0.2) is 23.2 Å². The van der Waals surface area contributed by atoms with Gasteiger partial charge in [-0.3, -0.25) is 10.1 Å². The van der Waals surface area contributed by atoms with E-state index in [1.54, 1.807) is 27.7 Å². The largest absolute Gasteiger partial charge is 0.444 e. The normalized spacial score (nSPS) is 10.4. The minimum atomic E-state index is -0.551. The number of benzene rings is 1. The van der Waals surface area contributed by atoms with Gasteiger partial charge in [0, 0.05) is 25.1 Å². The molecule has 0 unspecified atom stereocenters. The minimum absolute atomic E-state index is 0.0483. The first-order valence-electron chi connectivity index (χ1n) is 7.10. The number of rotatable bonds is 3. The number of nitro groups is 1. The van der Waals surface area contributed by atoms with Crippen molar-refractivity contribution in [1.82, 2.24) is 5.32 Å². The summed E-state index contributed by atoms with van der Waals surface area (Å²) >= 11 is 0. The average molecular weight is 319 g/mol. The van der Waals surface area contributed by atoms with Crippen LogP contribution in [0.1, 0.15) is 38.3 Å². The summed E-state index contributed by atoms with van der Waals surface area (Å²) in [5.41, 5.74) is 6.71. The third kappa shape index (κ3) is 6.26. The fourth-order valence-electron chi connectivity index (χ4n) is 1.69. The van der Waals surface area contributed by atoms with E-state index in [9.17, 15) is 14.9 Å². The van der Waals surface area contributed by atoms with Gasteiger partial charge in [-0.2, -0.15) is 0 Å². The van der Waals surface area contributed by atoms with Gasteiger partial charge < -0.3 is 15.8 Å². The lowest BCUT2D eigenvalue weighted by Gasteiger charge is -2.19. The molecule has 0 aliphatic rings. The molecule has 1 amide bonds. The second kappa shape index (κ2) is 7.49. The Morgan fingerprint density at radius 3 is 2.65 bits per heavy atom. The Balaban J connectivity index is 2.64. The predicted octanol–water partition coefficient (Wildman–Crippen LogP) is 2.75. The van der Waals surface area contributed by atoms with Crippen molar-refractivity contribution in [3.63, 3.8) is 0 Å². The van der Waals surface area contributed by atoms with Gasteiger partial charge in [0.25, 0.3) is 5.69 Å². The molecule has 1 aromatic carbocycles. The number of carbonyl (C=O) groups excluding carboxylic acids is 1. The summed E-state index contributed by atoms with van der Waals surface area (Å²) in [7, 11) is 0. The molecule has 0 aliphatic heterocycles. The molecule has 7 heteroatoms. The molecule has 0 radical (unpaired) electrons. The number of nitrogens with zero attached hydrogens (tertiary/aromatic N) is 1. The summed E-state index contributed by atoms with van der Waals surface area (Å²) in [6.45, 7) is 7.34. The Bertz CT molecular complexity index is 666. The Morgan fingerprint density at radius 2 is 2.09 bits per heavy atom. The summed E-state index contributed by atoms with van der Waals surface area (Å²) in [6.07, 6.45) is -0.134. The minimum Gasteiger partial charge on any atom is -0.444 e. The monoisotopic (exact) mass is 319 g/mol. The van der Waals surface area contributed by atoms with Crippen molar-refractivity contribution >= 4 is 17.5 Å². The number of nitrogens with two attached hydrogens (primary N) is 1. The SMILES string of the molecule is Cc1cc([N+](=O)[O-])cc(C#CCCNC(=O)OC(C)(C)C)c1N. The molecular formula is C16H21N3O4. The van der Waals surface area contributed by atoms with Crippen LogP contribution in [0.4, 0.5) is 16.2 Å². The average Bonchev–Trinajstić information content (AvgIpc) is 2.40. The number of nitrogen functional groups attached to an aromatic ring is 1. The fourth-order valence-corrected chi connectivity index (χ4v) is 1.69. The molecule has 0 atom stereocenters. The zero-order valence-electron chi connectivity index (χ0n) is 13.7. The van der Waals surface area contributed by atoms with E-state index in [4.69, 9.17) is 10.5 Å². The lowest BCUT2D eigenvalue weighted by atomic mass is 10.1. The van der Waals surface area contributed by atoms with Gasteiger partial charge in [0.15, 0.2) is 0 Å². The molecule has 1 rings (SSSR count). The smallest absolute Gasteiger partial charge is 0.407 e. The van der Waals surface area contributed by atoms with Crippen molar-refractivity contribution < 1.29 is 14.5 Å². The van der Waals surface area contributed by atoms with Gasteiger partial charge in [-0.1, -0.05) is 11.8 Å². The lowest BCUT2D eigenvalue weighted by Crippen LogP contribution is -2.32. The Labute approximate surface area is 135 Å². The van der Waals surface area contributed by atoms with Crippen molar-refractivity contribution in [3.05, 3.63) is 33.4 Å². The van der Waals surface area contributed by atoms with Crippen LogP contribution in [0.15, 0.2) is 12.1 Å². The Hall–Kier alpha value is -2.75. The zero-order valence-corrected chi connectivity index (χ0v) is 13.7. The third-order valence-corrected chi connectivity index (χ3v) is 2.72. The van der Waals surface area contributed by atoms with E-state index < -0.39 is 16.6 Å². The van der Waals surface area contributed by atoms with Crippen LogP contribution in [-0.2, 0) is 4.74 Å². The van der Waals surface area contributed by atoms with Crippen LogP contribution in [0.5, 0.6) is 0 Å². The molecule has 3 N–H and O–H groups in total. The van der Waals surface area contributed by atoms with E-state index >= 15 is 0 Å². The summed E-state index contributed by atoms with van der Waals surface area (Å²) in [5, 5.41) is 13.4. The summed E-state index contributed by atoms with van der Waals surface area (Å²) in [6, 6.07) is 2.75. The Morgan fingerprint density at radius 1 is 1.43 bits per heavy atom. The van der Waals surface area contributed by atoms with Crippen molar-refractivity contribution in [2.24, 2.45) is 0 Å². The van der Waals surface area contributed by atoms with E-state index in [2.05, 4.69) is 17.2 Å². The first-order valence-corrected chi connectivity index (χ1v) is 7.10. The number of nitro benzene ring substituents is 1. The number of alkyl carbamates (subject to hydrolysis) is 1. The maximum absolute atomic E-state index is 11.4. The van der Waals surface area contributed by atoms with Crippen molar-refractivity contribution in [2.45, 2.75) is 39.7 Å². The zero-order chi connectivity index (χ0) is 17.6. The van der Waals surface area contributed by atoms with Gasteiger partial charge >= 0.3 is 6.09 Å². The molecule has 7 nitrogen and oxygen atoms in total. The molecule has 1 aromatic rings. The molecule has 0 aliphatic carbocycles. The Kier molecular flexibility index (Phi) is 5.96. The van der Waals surface area contributed by atoms with Crippen molar-refractivity contribution in [3.8, 4) is 11.8 Å². The van der Waals surface area contributed by atoms with Gasteiger partial charge in [-0.05, 0) is 33.3 Å². The molecule has 0 bridgehead atoms. The fraction of sp³-hybridized carbons (Fsp3) is 0.438. The highest BCUT2D eigenvalue weighted by molar-refractivity contribution is 5.67. The predicted molar refractivity (Wildman–Crippen MR) is 88.0 cm³/mol. The highest BCUT2D eigenvalue weighted by Crippen LogP contribution is 2.23. The standard InChI is InChI=1S/C16H21N3O4/c1-11-9-13(19(21)22)10-12(14(11)17)7-5-6-8-18-15(20)23-16(2,3)4/h9-10H,6,8,17H2,1-4H3,(H,18,20). The van der Waals surface area contributed by atoms with E-state index in [1.807, 2.05) is 0 Å². The first-order chi connectivity index (χ1) is 10.6. The second-order valence-corrected chi connectivity index (χ2v) is 5.96. The van der Waals surface area contributed by atoms with Crippen LogP contribution in [0, 0.1) is 28.9 Å². The van der Waals surface area contributed by atoms with Crippen LogP contribution >= 0.6 is 0 Å². The van der Waals surface area contributed by atoms with Gasteiger partial charge in [0.05, 0.1) is 16.2 Å². The van der Waals surface area contributed by atoms with Gasteiger partial charge in [-0.15, -0.1) is 0 Å². The quantitative estimate of drug-likeness (QED) is 0.293. The van der Waals surface area contributed by atoms with Crippen LogP contribution < -0.4 is 11.1 Å². The van der Waals surface area contributed by atoms with Gasteiger partial charge in [0.2, 0.25) is 0 Å². The molecule has 23 heavy (non-hydrogen) atoms. The number of hydrogen-bond acceptors (Lipinski definition) is 5. The molecule has 0 spiro atoms. The van der Waals surface area contributed by atoms with Gasteiger partial charge in [0.1, 0.15) is 5.60 Å². The van der Waals surface area contributed by atoms with Crippen LogP contribution in [0.3, 0.4) is 0 Å². The third-order valence-electron chi connectivity index (χ3n) is 2.72. The van der Waals surface area contributed by atoms with Crippen molar-refractivity contribution in [1.29, 1.82) is 0 Å². The summed E-state index contributed by atoms with van der Waals surface area (Å²) in [5.74, 6) is 5.63. The number of hydrogen-bond donors (Lipinski definition) is 2. The topological polar surface area (TPSA) is 107 Å². The summed E-state index contributed by atoms with van der Waals surface area (Å²) in [4.78, 5) is 21.8. The number of ether oxygens (including phenoxy) is 1. The number of aryl methyl sites for hydroxylation is 1. The maximum Gasteiger partial charge on any atom is 0.407 e. The molecular weight excluding hydrogens is 298 g/mol. The number of amides is 1. The number of nitrogens with one attached hydrogen (secondary N) is 1. The van der Waals surface area contributed by atoms with E-state index in [1.165, 1.54) is 12.1 Å². The number of anilines is 1. The van der Waals surface area contributed by atoms with E-state index in [-0.39, 0.29) is 5.69 Å². The molecule has 0 fully saturated rings. The molecule has 0 saturated heterocycles. The molecule has 124 valence electrons. The van der Waals surface area contributed by atoms with Crippen LogP contribution in [0.25, 0.3) is 0 Å². The second-order valence-electron chi connectivity index (χ2n) is 5.96. The lowest BCUT2D eigenvalue weighted by molar-refractivity contribution is -0.384. The van der Waals surface area contributed by atoms with E-state index in [0.29, 0.717) is 29.8 Å². The number of carbonyl (C=O) groups is 1. The first kappa shape index (κ1) is 18.3. The molecule has 0 aromatic heterocycles. The molecule has 0 heterocycles. The molecule has 0 saturated carbocycles. The van der Waals surface area contributed by atoms with Gasteiger partial charge in [-0.25, -0.2) is 4.79 Å². The summed E-state index contributed by atoms with van der Waals surface area (Å²) < 4.78 is 5.09. The number of non-ortho nitro benzene ring substituents is 1. The maximum atomic E-state index is 11.4. The van der Waals surface area contributed by atoms with Crippen LogP contribution in [0.2, 0.25) is 0 Å². The highest BCUT2D eigenvalue weighted by atomic mass is 16.6.